The van der Waals surface area contributed by atoms with Crippen LogP contribution >= 0.6 is 15.9 Å². The molecule has 7 nitrogen and oxygen atoms in total. The number of nitro benzene ring substituents is 1. The fraction of sp³-hybridized carbons (Fsp3) is 0.286. The highest BCUT2D eigenvalue weighted by Crippen LogP contribution is 2.28. The van der Waals surface area contributed by atoms with E-state index < -0.39 is 4.92 Å². The number of hydrogen-bond acceptors (Lipinski definition) is 6. The fourth-order valence-electron chi connectivity index (χ4n) is 2.25. The zero-order valence-corrected chi connectivity index (χ0v) is 13.1. The van der Waals surface area contributed by atoms with Crippen LogP contribution in [-0.4, -0.2) is 34.6 Å². The topological polar surface area (TPSA) is 90.2 Å². The summed E-state index contributed by atoms with van der Waals surface area (Å²) in [5.74, 6) is 0.433. The summed E-state index contributed by atoms with van der Waals surface area (Å²) in [6.45, 7) is 2.18. The number of non-ortho nitro benzene ring substituents is 1. The number of halogens is 1. The highest BCUT2D eigenvalue weighted by Gasteiger charge is 2.20. The summed E-state index contributed by atoms with van der Waals surface area (Å²) in [5.41, 5.74) is 1.48. The minimum absolute atomic E-state index is 0.0149. The van der Waals surface area contributed by atoms with Gasteiger partial charge in [-0.25, -0.2) is 9.97 Å². The summed E-state index contributed by atoms with van der Waals surface area (Å²) in [4.78, 5) is 19.1. The average Bonchev–Trinajstić information content (AvgIpc) is 2.55. The van der Waals surface area contributed by atoms with Crippen LogP contribution < -0.4 is 5.32 Å². The molecule has 1 aliphatic heterocycles. The zero-order chi connectivity index (χ0) is 15.5. The number of aromatic nitrogens is 2. The van der Waals surface area contributed by atoms with Crippen LogP contribution in [0.1, 0.15) is 11.7 Å². The van der Waals surface area contributed by atoms with E-state index in [2.05, 4.69) is 31.2 Å². The van der Waals surface area contributed by atoms with Crippen LogP contribution in [0.2, 0.25) is 0 Å². The molecule has 8 heteroatoms. The van der Waals surface area contributed by atoms with Crippen molar-refractivity contribution in [1.29, 1.82) is 0 Å². The number of nitrogens with one attached hydrogen (secondary N) is 1. The number of nitro groups is 1. The highest BCUT2D eigenvalue weighted by molar-refractivity contribution is 9.10. The van der Waals surface area contributed by atoms with Gasteiger partial charge in [0.15, 0.2) is 5.82 Å². The van der Waals surface area contributed by atoms with Crippen LogP contribution in [0.5, 0.6) is 0 Å². The molecule has 0 aliphatic carbocycles. The molecule has 1 unspecified atom stereocenters. The Bertz CT molecular complexity index is 704. The van der Waals surface area contributed by atoms with E-state index in [1.807, 2.05) is 0 Å². The number of hydrogen-bond donors (Lipinski definition) is 1. The van der Waals surface area contributed by atoms with Gasteiger partial charge in [-0.05, 0) is 15.9 Å². The Balaban J connectivity index is 1.91. The Morgan fingerprint density at radius 3 is 3.00 bits per heavy atom. The number of nitrogens with zero attached hydrogens (tertiary/aromatic N) is 3. The molecule has 1 N–H and O–H groups in total. The molecule has 0 amide bonds. The molecule has 2 heterocycles. The van der Waals surface area contributed by atoms with E-state index in [4.69, 9.17) is 4.74 Å². The van der Waals surface area contributed by atoms with Crippen molar-refractivity contribution in [2.45, 2.75) is 6.10 Å². The number of morpholine rings is 1. The molecule has 1 aromatic heterocycles. The summed E-state index contributed by atoms with van der Waals surface area (Å²) < 4.78 is 6.32. The third-order valence-electron chi connectivity index (χ3n) is 3.36. The molecule has 114 valence electrons. The van der Waals surface area contributed by atoms with E-state index in [1.54, 1.807) is 18.3 Å². The quantitative estimate of drug-likeness (QED) is 0.511. The van der Waals surface area contributed by atoms with Crippen molar-refractivity contribution in [3.8, 4) is 11.4 Å². The predicted octanol–water partition coefficient (Wildman–Crippen LogP) is 2.48. The van der Waals surface area contributed by atoms with Crippen LogP contribution in [0.25, 0.3) is 11.4 Å². The van der Waals surface area contributed by atoms with Gasteiger partial charge in [0.05, 0.1) is 17.6 Å². The molecule has 1 aliphatic rings. The molecule has 0 saturated carbocycles. The zero-order valence-electron chi connectivity index (χ0n) is 11.5. The Morgan fingerprint density at radius 2 is 2.32 bits per heavy atom. The summed E-state index contributed by atoms with van der Waals surface area (Å²) in [6.07, 6.45) is 1.60. The molecular weight excluding hydrogens is 352 g/mol. The van der Waals surface area contributed by atoms with Gasteiger partial charge in [0.1, 0.15) is 4.60 Å². The molecule has 2 aromatic rings. The summed E-state index contributed by atoms with van der Waals surface area (Å²) in [7, 11) is 0. The first-order valence-electron chi connectivity index (χ1n) is 6.75. The van der Waals surface area contributed by atoms with Gasteiger partial charge in [0.25, 0.3) is 5.69 Å². The number of ether oxygens (including phenoxy) is 1. The summed E-state index contributed by atoms with van der Waals surface area (Å²) >= 11 is 3.43. The fourth-order valence-corrected chi connectivity index (χ4v) is 2.77. The van der Waals surface area contributed by atoms with Crippen molar-refractivity contribution in [3.63, 3.8) is 0 Å². The largest absolute Gasteiger partial charge is 0.371 e. The van der Waals surface area contributed by atoms with Crippen LogP contribution in [0.3, 0.4) is 0 Å². The maximum atomic E-state index is 10.8. The average molecular weight is 365 g/mol. The van der Waals surface area contributed by atoms with Gasteiger partial charge >= 0.3 is 0 Å². The molecule has 1 aromatic carbocycles. The first kappa shape index (κ1) is 15.0. The molecule has 0 bridgehead atoms. The van der Waals surface area contributed by atoms with E-state index in [-0.39, 0.29) is 11.8 Å². The predicted molar refractivity (Wildman–Crippen MR) is 83.4 cm³/mol. The maximum Gasteiger partial charge on any atom is 0.270 e. The van der Waals surface area contributed by atoms with Gasteiger partial charge in [0, 0.05) is 42.5 Å². The van der Waals surface area contributed by atoms with Crippen LogP contribution in [0.15, 0.2) is 35.1 Å². The van der Waals surface area contributed by atoms with Crippen LogP contribution in [0, 0.1) is 10.1 Å². The van der Waals surface area contributed by atoms with Crippen molar-refractivity contribution >= 4 is 21.6 Å². The lowest BCUT2D eigenvalue weighted by atomic mass is 10.1. The van der Waals surface area contributed by atoms with Gasteiger partial charge in [-0.1, -0.05) is 12.1 Å². The van der Waals surface area contributed by atoms with Crippen molar-refractivity contribution < 1.29 is 9.66 Å². The monoisotopic (exact) mass is 364 g/mol. The van der Waals surface area contributed by atoms with E-state index in [9.17, 15) is 10.1 Å². The molecule has 1 saturated heterocycles. The van der Waals surface area contributed by atoms with E-state index in [0.29, 0.717) is 29.1 Å². The van der Waals surface area contributed by atoms with E-state index >= 15 is 0 Å². The second-order valence-electron chi connectivity index (χ2n) is 4.81. The molecule has 1 atom stereocenters. The second-order valence-corrected chi connectivity index (χ2v) is 5.56. The molecule has 3 rings (SSSR count). The van der Waals surface area contributed by atoms with Crippen molar-refractivity contribution in [2.75, 3.05) is 19.7 Å². The number of benzene rings is 1. The minimum atomic E-state index is -0.436. The van der Waals surface area contributed by atoms with Crippen LogP contribution in [-0.2, 0) is 4.74 Å². The van der Waals surface area contributed by atoms with Gasteiger partial charge in [-0.15, -0.1) is 0 Å². The molecule has 22 heavy (non-hydrogen) atoms. The van der Waals surface area contributed by atoms with Gasteiger partial charge in [0.2, 0.25) is 0 Å². The Labute approximate surface area is 135 Å². The van der Waals surface area contributed by atoms with Gasteiger partial charge in [-0.3, -0.25) is 10.1 Å². The lowest BCUT2D eigenvalue weighted by molar-refractivity contribution is -0.384. The van der Waals surface area contributed by atoms with Crippen molar-refractivity contribution in [3.05, 3.63) is 50.7 Å². The third-order valence-corrected chi connectivity index (χ3v) is 3.99. The first-order valence-corrected chi connectivity index (χ1v) is 7.54. The third kappa shape index (κ3) is 3.13. The SMILES string of the molecule is O=[N+]([O-])c1cccc(-c2ncc(C3CNCCO3)c(Br)n2)c1. The standard InChI is InChI=1S/C14H13BrN4O3/c15-13-11(12-8-16-4-5-22-12)7-17-14(18-13)9-2-1-3-10(6-9)19(20)21/h1-3,6-7,12,16H,4-5,8H2. The smallest absolute Gasteiger partial charge is 0.270 e. The van der Waals surface area contributed by atoms with E-state index in [1.165, 1.54) is 12.1 Å². The minimum Gasteiger partial charge on any atom is -0.371 e. The lowest BCUT2D eigenvalue weighted by Crippen LogP contribution is -2.33. The maximum absolute atomic E-state index is 10.8. The van der Waals surface area contributed by atoms with Crippen molar-refractivity contribution in [2.24, 2.45) is 0 Å². The number of rotatable bonds is 3. The molecule has 0 spiro atoms. The Kier molecular flexibility index (Phi) is 4.41. The summed E-state index contributed by atoms with van der Waals surface area (Å²) in [5, 5.41) is 14.1. The molecular formula is C14H13BrN4O3. The van der Waals surface area contributed by atoms with E-state index in [0.717, 1.165) is 12.1 Å². The van der Waals surface area contributed by atoms with Gasteiger partial charge < -0.3 is 10.1 Å². The second kappa shape index (κ2) is 6.47. The molecule has 1 fully saturated rings. The Hall–Kier alpha value is -1.90. The highest BCUT2D eigenvalue weighted by atomic mass is 79.9. The van der Waals surface area contributed by atoms with Gasteiger partial charge in [-0.2, -0.15) is 0 Å². The van der Waals surface area contributed by atoms with Crippen LogP contribution in [0.4, 0.5) is 5.69 Å². The lowest BCUT2D eigenvalue weighted by Gasteiger charge is -2.24. The van der Waals surface area contributed by atoms with Crippen molar-refractivity contribution in [1.82, 2.24) is 15.3 Å². The first-order chi connectivity index (χ1) is 10.6. The Morgan fingerprint density at radius 1 is 1.45 bits per heavy atom. The normalized spacial score (nSPS) is 18.1. The molecule has 0 radical (unpaired) electrons. The summed E-state index contributed by atoms with van der Waals surface area (Å²) in [6, 6.07) is 6.26.